The normalized spacial score (nSPS) is 17.1. The zero-order chi connectivity index (χ0) is 12.4. The summed E-state index contributed by atoms with van der Waals surface area (Å²) in [6.45, 7) is 2.00. The first-order valence-corrected chi connectivity index (χ1v) is 6.44. The quantitative estimate of drug-likeness (QED) is 0.847. The Kier molecular flexibility index (Phi) is 3.02. The van der Waals surface area contributed by atoms with Crippen molar-refractivity contribution in [2.45, 2.75) is 18.9 Å². The van der Waals surface area contributed by atoms with Crippen molar-refractivity contribution in [3.05, 3.63) is 36.4 Å². The first kappa shape index (κ1) is 11.3. The van der Waals surface area contributed by atoms with Crippen molar-refractivity contribution in [1.82, 2.24) is 10.2 Å². The van der Waals surface area contributed by atoms with Crippen molar-refractivity contribution in [3.8, 4) is 11.3 Å². The van der Waals surface area contributed by atoms with Gasteiger partial charge in [0.2, 0.25) is 0 Å². The van der Waals surface area contributed by atoms with Crippen LogP contribution in [0.25, 0.3) is 11.3 Å². The van der Waals surface area contributed by atoms with Gasteiger partial charge in [0.05, 0.1) is 5.69 Å². The van der Waals surface area contributed by atoms with Crippen LogP contribution in [0.15, 0.2) is 36.4 Å². The molecule has 0 spiro atoms. The zero-order valence-corrected chi connectivity index (χ0v) is 10.3. The van der Waals surface area contributed by atoms with E-state index in [9.17, 15) is 0 Å². The van der Waals surface area contributed by atoms with Crippen LogP contribution in [0.2, 0.25) is 0 Å². The summed E-state index contributed by atoms with van der Waals surface area (Å²) in [4.78, 5) is 2.30. The minimum atomic E-state index is 0.355. The number of aromatic nitrogens is 2. The van der Waals surface area contributed by atoms with E-state index in [0.29, 0.717) is 6.04 Å². The Morgan fingerprint density at radius 3 is 2.61 bits per heavy atom. The maximum Gasteiger partial charge on any atom is 0.150 e. The molecule has 3 rings (SSSR count). The highest BCUT2D eigenvalue weighted by Gasteiger charge is 2.18. The number of H-pyrrole nitrogens is 1. The number of rotatable bonds is 2. The third kappa shape index (κ3) is 2.24. The largest absolute Gasteiger partial charge is 0.355 e. The molecular formula is C14H18N4. The smallest absolute Gasteiger partial charge is 0.150 e. The molecule has 0 radical (unpaired) electrons. The molecule has 0 unspecified atom stereocenters. The minimum absolute atomic E-state index is 0.355. The average molecular weight is 242 g/mol. The van der Waals surface area contributed by atoms with Crippen LogP contribution in [0.4, 0.5) is 5.82 Å². The summed E-state index contributed by atoms with van der Waals surface area (Å²) >= 11 is 0. The standard InChI is InChI=1S/C14H18N4/c15-12-6-8-18(9-7-12)14-10-13(16-17-14)11-4-2-1-3-5-11/h1-5,10,12H,6-9,15H2,(H,16,17). The summed E-state index contributed by atoms with van der Waals surface area (Å²) in [7, 11) is 0. The number of benzene rings is 1. The Bertz CT molecular complexity index is 498. The second kappa shape index (κ2) is 4.82. The molecule has 0 bridgehead atoms. The number of aromatic amines is 1. The molecule has 1 aromatic heterocycles. The maximum absolute atomic E-state index is 5.92. The van der Waals surface area contributed by atoms with Gasteiger partial charge in [0.1, 0.15) is 0 Å². The molecule has 4 heteroatoms. The van der Waals surface area contributed by atoms with Gasteiger partial charge < -0.3 is 10.6 Å². The van der Waals surface area contributed by atoms with Crippen molar-refractivity contribution < 1.29 is 0 Å². The van der Waals surface area contributed by atoms with E-state index in [4.69, 9.17) is 5.73 Å². The van der Waals surface area contributed by atoms with Crippen molar-refractivity contribution >= 4 is 5.82 Å². The highest BCUT2D eigenvalue weighted by atomic mass is 15.3. The molecule has 1 aliphatic heterocycles. The summed E-state index contributed by atoms with van der Waals surface area (Å²) in [6.07, 6.45) is 2.10. The Morgan fingerprint density at radius 2 is 1.89 bits per heavy atom. The summed E-state index contributed by atoms with van der Waals surface area (Å²) in [6, 6.07) is 12.7. The molecule has 0 aliphatic carbocycles. The first-order chi connectivity index (χ1) is 8.83. The van der Waals surface area contributed by atoms with Crippen LogP contribution < -0.4 is 10.6 Å². The Balaban J connectivity index is 1.78. The molecule has 2 heterocycles. The van der Waals surface area contributed by atoms with Crippen LogP contribution in [0, 0.1) is 0 Å². The lowest BCUT2D eigenvalue weighted by molar-refractivity contribution is 0.498. The lowest BCUT2D eigenvalue weighted by Gasteiger charge is -2.29. The second-order valence-corrected chi connectivity index (χ2v) is 4.83. The van der Waals surface area contributed by atoms with Crippen molar-refractivity contribution in [1.29, 1.82) is 0 Å². The van der Waals surface area contributed by atoms with Gasteiger partial charge in [-0.2, -0.15) is 5.10 Å². The van der Waals surface area contributed by atoms with E-state index < -0.39 is 0 Å². The minimum Gasteiger partial charge on any atom is -0.355 e. The van der Waals surface area contributed by atoms with Gasteiger partial charge in [-0.3, -0.25) is 5.10 Å². The topological polar surface area (TPSA) is 57.9 Å². The number of hydrogen-bond donors (Lipinski definition) is 2. The van der Waals surface area contributed by atoms with Crippen LogP contribution in [0.3, 0.4) is 0 Å². The van der Waals surface area contributed by atoms with Gasteiger partial charge in [-0.25, -0.2) is 0 Å². The highest BCUT2D eigenvalue weighted by molar-refractivity contribution is 5.63. The zero-order valence-electron chi connectivity index (χ0n) is 10.3. The predicted molar refractivity (Wildman–Crippen MR) is 73.4 cm³/mol. The fourth-order valence-electron chi connectivity index (χ4n) is 2.37. The molecule has 1 saturated heterocycles. The number of hydrogen-bond acceptors (Lipinski definition) is 3. The summed E-state index contributed by atoms with van der Waals surface area (Å²) in [5.41, 5.74) is 8.16. The van der Waals surface area contributed by atoms with E-state index in [0.717, 1.165) is 37.4 Å². The molecule has 4 nitrogen and oxygen atoms in total. The number of nitrogens with one attached hydrogen (secondary N) is 1. The van der Waals surface area contributed by atoms with Crippen LogP contribution in [0.5, 0.6) is 0 Å². The van der Waals surface area contributed by atoms with E-state index >= 15 is 0 Å². The van der Waals surface area contributed by atoms with Gasteiger partial charge >= 0.3 is 0 Å². The molecule has 0 atom stereocenters. The number of nitrogens with zero attached hydrogens (tertiary/aromatic N) is 2. The molecule has 0 amide bonds. The fraction of sp³-hybridized carbons (Fsp3) is 0.357. The lowest BCUT2D eigenvalue weighted by Crippen LogP contribution is -2.39. The van der Waals surface area contributed by atoms with Crippen molar-refractivity contribution in [2.24, 2.45) is 5.73 Å². The van der Waals surface area contributed by atoms with Gasteiger partial charge in [-0.15, -0.1) is 0 Å². The monoisotopic (exact) mass is 242 g/mol. The SMILES string of the molecule is NC1CCN(c2cc(-c3ccccc3)[nH]n2)CC1. The molecule has 0 saturated carbocycles. The number of nitrogens with two attached hydrogens (primary N) is 1. The van der Waals surface area contributed by atoms with Gasteiger partial charge in [-0.1, -0.05) is 30.3 Å². The second-order valence-electron chi connectivity index (χ2n) is 4.83. The number of piperidine rings is 1. The van der Waals surface area contributed by atoms with Crippen molar-refractivity contribution in [3.63, 3.8) is 0 Å². The third-order valence-electron chi connectivity index (χ3n) is 3.51. The van der Waals surface area contributed by atoms with E-state index in [1.807, 2.05) is 18.2 Å². The van der Waals surface area contributed by atoms with E-state index in [1.54, 1.807) is 0 Å². The average Bonchev–Trinajstić information content (AvgIpc) is 2.90. The highest BCUT2D eigenvalue weighted by Crippen LogP contribution is 2.23. The molecule has 1 aromatic carbocycles. The molecule has 18 heavy (non-hydrogen) atoms. The summed E-state index contributed by atoms with van der Waals surface area (Å²) in [5, 5.41) is 7.51. The van der Waals surface area contributed by atoms with E-state index in [-0.39, 0.29) is 0 Å². The van der Waals surface area contributed by atoms with Gasteiger partial charge in [0.15, 0.2) is 5.82 Å². The number of anilines is 1. The molecule has 94 valence electrons. The van der Waals surface area contributed by atoms with Gasteiger partial charge in [0.25, 0.3) is 0 Å². The Morgan fingerprint density at radius 1 is 1.17 bits per heavy atom. The first-order valence-electron chi connectivity index (χ1n) is 6.44. The maximum atomic E-state index is 5.92. The predicted octanol–water partition coefficient (Wildman–Crippen LogP) is 2.00. The Hall–Kier alpha value is -1.81. The third-order valence-corrected chi connectivity index (χ3v) is 3.51. The van der Waals surface area contributed by atoms with E-state index in [2.05, 4.69) is 33.3 Å². The molecular weight excluding hydrogens is 224 g/mol. The van der Waals surface area contributed by atoms with Crippen molar-refractivity contribution in [2.75, 3.05) is 18.0 Å². The van der Waals surface area contributed by atoms with Crippen LogP contribution in [-0.4, -0.2) is 29.3 Å². The Labute approximate surface area is 107 Å². The van der Waals surface area contributed by atoms with Crippen LogP contribution >= 0.6 is 0 Å². The van der Waals surface area contributed by atoms with Gasteiger partial charge in [0, 0.05) is 25.2 Å². The molecule has 3 N–H and O–H groups in total. The van der Waals surface area contributed by atoms with Crippen LogP contribution in [-0.2, 0) is 0 Å². The van der Waals surface area contributed by atoms with E-state index in [1.165, 1.54) is 5.56 Å². The summed E-state index contributed by atoms with van der Waals surface area (Å²) < 4.78 is 0. The van der Waals surface area contributed by atoms with Crippen LogP contribution in [0.1, 0.15) is 12.8 Å². The molecule has 2 aromatic rings. The summed E-state index contributed by atoms with van der Waals surface area (Å²) in [5.74, 6) is 1.03. The molecule has 1 aliphatic rings. The van der Waals surface area contributed by atoms with Gasteiger partial charge in [-0.05, 0) is 18.4 Å². The fourth-order valence-corrected chi connectivity index (χ4v) is 2.37. The lowest BCUT2D eigenvalue weighted by atomic mass is 10.1. The molecule has 1 fully saturated rings.